The Labute approximate surface area is 176 Å². The molecule has 1 aliphatic heterocycles. The lowest BCUT2D eigenvalue weighted by atomic mass is 10.1. The van der Waals surface area contributed by atoms with Gasteiger partial charge in [-0.05, 0) is 44.0 Å². The molecular weight excluding hydrogens is 404 g/mol. The molecule has 4 rings (SSSR count). The van der Waals surface area contributed by atoms with Gasteiger partial charge in [0.25, 0.3) is 0 Å². The van der Waals surface area contributed by atoms with Crippen molar-refractivity contribution in [1.82, 2.24) is 19.2 Å². The van der Waals surface area contributed by atoms with Gasteiger partial charge in [0.15, 0.2) is 5.76 Å². The predicted octanol–water partition coefficient (Wildman–Crippen LogP) is 3.87. The molecule has 0 radical (unpaired) electrons. The molecule has 9 heteroatoms. The quantitative estimate of drug-likeness (QED) is 0.590. The Balaban J connectivity index is 1.66. The van der Waals surface area contributed by atoms with Crippen LogP contribution in [-0.4, -0.2) is 41.3 Å². The highest BCUT2D eigenvalue weighted by Gasteiger charge is 2.36. The van der Waals surface area contributed by atoms with Gasteiger partial charge in [-0.2, -0.15) is 9.40 Å². The molecule has 0 bridgehead atoms. The minimum Gasteiger partial charge on any atom is -0.497 e. The molecule has 0 N–H and O–H groups in total. The molecule has 3 aromatic rings. The summed E-state index contributed by atoms with van der Waals surface area (Å²) < 4.78 is 40.8. The zero-order valence-corrected chi connectivity index (χ0v) is 18.0. The second-order valence-electron chi connectivity index (χ2n) is 7.36. The van der Waals surface area contributed by atoms with Crippen molar-refractivity contribution in [3.8, 4) is 17.1 Å². The average molecular weight is 431 g/mol. The molecule has 1 aliphatic rings. The van der Waals surface area contributed by atoms with Gasteiger partial charge in [0.05, 0.1) is 19.3 Å². The summed E-state index contributed by atoms with van der Waals surface area (Å²) in [4.78, 5) is 0.218. The Morgan fingerprint density at radius 1 is 1.20 bits per heavy atom. The smallest absolute Gasteiger partial charge is 0.246 e. The van der Waals surface area contributed by atoms with Crippen LogP contribution in [0.4, 0.5) is 0 Å². The van der Waals surface area contributed by atoms with Gasteiger partial charge >= 0.3 is 0 Å². The first-order valence-electron chi connectivity index (χ1n) is 10.2. The van der Waals surface area contributed by atoms with Crippen LogP contribution in [0.25, 0.3) is 11.3 Å². The van der Waals surface area contributed by atoms with Crippen LogP contribution in [0.1, 0.15) is 44.3 Å². The van der Waals surface area contributed by atoms with E-state index in [0.29, 0.717) is 31.0 Å². The van der Waals surface area contributed by atoms with E-state index in [1.807, 2.05) is 37.3 Å². The normalized spacial score (nSPS) is 18.3. The summed E-state index contributed by atoms with van der Waals surface area (Å²) in [6.45, 7) is 3.00. The first-order chi connectivity index (χ1) is 14.5. The number of aryl methyl sites for hydroxylation is 1. The van der Waals surface area contributed by atoms with Crippen molar-refractivity contribution in [1.29, 1.82) is 0 Å². The SMILES string of the molecule is CCn1cc(S(=O)(=O)N2CCCCCC2c2cc(-c3ccc(OC)cc3)on2)cn1. The molecular formula is C21H26N4O4S. The third-order valence-electron chi connectivity index (χ3n) is 5.49. The highest BCUT2D eigenvalue weighted by molar-refractivity contribution is 7.89. The van der Waals surface area contributed by atoms with Gasteiger partial charge in [-0.1, -0.05) is 18.0 Å². The van der Waals surface area contributed by atoms with Crippen molar-refractivity contribution in [3.63, 3.8) is 0 Å². The van der Waals surface area contributed by atoms with Crippen LogP contribution in [0.5, 0.6) is 5.75 Å². The van der Waals surface area contributed by atoms with Crippen LogP contribution in [0, 0.1) is 0 Å². The fraction of sp³-hybridized carbons (Fsp3) is 0.429. The van der Waals surface area contributed by atoms with Gasteiger partial charge < -0.3 is 9.26 Å². The maximum Gasteiger partial charge on any atom is 0.246 e. The Bertz CT molecular complexity index is 1090. The summed E-state index contributed by atoms with van der Waals surface area (Å²) in [7, 11) is -2.07. The van der Waals surface area contributed by atoms with E-state index in [2.05, 4.69) is 10.3 Å². The number of hydrogen-bond acceptors (Lipinski definition) is 6. The van der Waals surface area contributed by atoms with E-state index in [1.165, 1.54) is 6.20 Å². The Kier molecular flexibility index (Phi) is 5.92. The number of rotatable bonds is 6. The topological polar surface area (TPSA) is 90.5 Å². The molecule has 3 heterocycles. The first kappa shape index (κ1) is 20.6. The van der Waals surface area contributed by atoms with Crippen molar-refractivity contribution in [2.75, 3.05) is 13.7 Å². The van der Waals surface area contributed by atoms with E-state index >= 15 is 0 Å². The Morgan fingerprint density at radius 2 is 2.00 bits per heavy atom. The number of benzene rings is 1. The standard InChI is InChI=1S/C21H26N4O4S/c1-3-24-15-18(14-22-24)30(26,27)25-12-6-4-5-7-20(25)19-13-21(29-23-19)16-8-10-17(28-2)11-9-16/h8-11,13-15,20H,3-7,12H2,1-2H3. The molecule has 1 aromatic carbocycles. The Hall–Kier alpha value is -2.65. The second-order valence-corrected chi connectivity index (χ2v) is 9.25. The monoisotopic (exact) mass is 430 g/mol. The number of aromatic nitrogens is 3. The van der Waals surface area contributed by atoms with Crippen molar-refractivity contribution < 1.29 is 17.7 Å². The fourth-order valence-electron chi connectivity index (χ4n) is 3.79. The van der Waals surface area contributed by atoms with Crippen molar-refractivity contribution in [2.45, 2.75) is 50.1 Å². The first-order valence-corrected chi connectivity index (χ1v) is 11.6. The van der Waals surface area contributed by atoms with Gasteiger partial charge in [-0.15, -0.1) is 0 Å². The maximum atomic E-state index is 13.4. The van der Waals surface area contributed by atoms with Gasteiger partial charge in [0.2, 0.25) is 10.0 Å². The van der Waals surface area contributed by atoms with E-state index in [1.54, 1.807) is 22.3 Å². The van der Waals surface area contributed by atoms with Crippen LogP contribution < -0.4 is 4.74 Å². The van der Waals surface area contributed by atoms with Gasteiger partial charge in [-0.25, -0.2) is 8.42 Å². The van der Waals surface area contributed by atoms with Crippen LogP contribution in [0.3, 0.4) is 0 Å². The second kappa shape index (κ2) is 8.61. The highest BCUT2D eigenvalue weighted by atomic mass is 32.2. The maximum absolute atomic E-state index is 13.4. The summed E-state index contributed by atoms with van der Waals surface area (Å²) in [6, 6.07) is 8.97. The van der Waals surface area contributed by atoms with E-state index in [4.69, 9.17) is 9.26 Å². The largest absolute Gasteiger partial charge is 0.497 e. The van der Waals surface area contributed by atoms with Crippen LogP contribution in [0.15, 0.2) is 52.1 Å². The molecule has 0 spiro atoms. The van der Waals surface area contributed by atoms with E-state index in [9.17, 15) is 8.42 Å². The molecule has 1 atom stereocenters. The predicted molar refractivity (Wildman–Crippen MR) is 111 cm³/mol. The average Bonchev–Trinajstić information content (AvgIpc) is 3.39. The van der Waals surface area contributed by atoms with Crippen LogP contribution in [0.2, 0.25) is 0 Å². The summed E-state index contributed by atoms with van der Waals surface area (Å²) in [5.41, 5.74) is 1.50. The third kappa shape index (κ3) is 3.99. The summed E-state index contributed by atoms with van der Waals surface area (Å²) in [5.74, 6) is 1.36. The molecule has 1 fully saturated rings. The molecule has 30 heavy (non-hydrogen) atoms. The van der Waals surface area contributed by atoms with Crippen molar-refractivity contribution in [3.05, 3.63) is 48.4 Å². The number of sulfonamides is 1. The molecule has 0 aliphatic carbocycles. The molecule has 2 aromatic heterocycles. The fourth-order valence-corrected chi connectivity index (χ4v) is 5.41. The lowest BCUT2D eigenvalue weighted by Crippen LogP contribution is -2.34. The van der Waals surface area contributed by atoms with E-state index < -0.39 is 10.0 Å². The van der Waals surface area contributed by atoms with Crippen molar-refractivity contribution >= 4 is 10.0 Å². The van der Waals surface area contributed by atoms with E-state index in [0.717, 1.165) is 30.6 Å². The highest BCUT2D eigenvalue weighted by Crippen LogP contribution is 2.36. The lowest BCUT2D eigenvalue weighted by molar-refractivity contribution is 0.308. The molecule has 8 nitrogen and oxygen atoms in total. The van der Waals surface area contributed by atoms with Gasteiger partial charge in [0, 0.05) is 30.9 Å². The summed E-state index contributed by atoms with van der Waals surface area (Å²) >= 11 is 0. The molecule has 1 saturated heterocycles. The van der Waals surface area contributed by atoms with Crippen LogP contribution >= 0.6 is 0 Å². The third-order valence-corrected chi connectivity index (χ3v) is 7.35. The molecule has 1 unspecified atom stereocenters. The number of nitrogens with zero attached hydrogens (tertiary/aromatic N) is 4. The lowest BCUT2D eigenvalue weighted by Gasteiger charge is -2.27. The number of methoxy groups -OCH3 is 1. The summed E-state index contributed by atoms with van der Waals surface area (Å²) in [5, 5.41) is 8.39. The van der Waals surface area contributed by atoms with Gasteiger partial charge in [0.1, 0.15) is 16.3 Å². The minimum absolute atomic E-state index is 0.218. The summed E-state index contributed by atoms with van der Waals surface area (Å²) in [6.07, 6.45) is 6.46. The zero-order chi connectivity index (χ0) is 21.1. The number of hydrogen-bond donors (Lipinski definition) is 0. The van der Waals surface area contributed by atoms with Crippen molar-refractivity contribution in [2.24, 2.45) is 0 Å². The Morgan fingerprint density at radius 3 is 2.70 bits per heavy atom. The van der Waals surface area contributed by atoms with Gasteiger partial charge in [-0.3, -0.25) is 4.68 Å². The zero-order valence-electron chi connectivity index (χ0n) is 17.2. The minimum atomic E-state index is -3.68. The molecule has 160 valence electrons. The van der Waals surface area contributed by atoms with Crippen LogP contribution in [-0.2, 0) is 16.6 Å². The van der Waals surface area contributed by atoms with E-state index in [-0.39, 0.29) is 10.9 Å². The molecule has 0 saturated carbocycles. The number of ether oxygens (including phenoxy) is 1. The molecule has 0 amide bonds.